The van der Waals surface area contributed by atoms with Gasteiger partial charge in [-0.2, -0.15) is 13.2 Å². The van der Waals surface area contributed by atoms with Gasteiger partial charge in [-0.05, 0) is 18.6 Å². The molecule has 108 valence electrons. The van der Waals surface area contributed by atoms with Crippen LogP contribution < -0.4 is 0 Å². The maximum atomic E-state index is 12.9. The first-order valence-electron chi connectivity index (χ1n) is 6.12. The van der Waals surface area contributed by atoms with E-state index in [0.717, 1.165) is 6.07 Å². The summed E-state index contributed by atoms with van der Waals surface area (Å²) in [5.41, 5.74) is 0.315. The molecule has 6 heteroatoms. The largest absolute Gasteiger partial charge is 0.416 e. The highest BCUT2D eigenvalue weighted by Gasteiger charge is 2.32. The van der Waals surface area contributed by atoms with Crippen molar-refractivity contribution in [1.29, 1.82) is 0 Å². The van der Waals surface area contributed by atoms with Crippen molar-refractivity contribution in [2.24, 2.45) is 0 Å². The molecule has 1 N–H and O–H groups in total. The second-order valence-electron chi connectivity index (χ2n) is 4.62. The van der Waals surface area contributed by atoms with E-state index in [9.17, 15) is 18.3 Å². The van der Waals surface area contributed by atoms with Crippen LogP contribution in [0.3, 0.4) is 0 Å². The Hall–Kier alpha value is -1.40. The quantitative estimate of drug-likeness (QED) is 0.934. The van der Waals surface area contributed by atoms with Crippen LogP contribution in [0.2, 0.25) is 0 Å². The fourth-order valence-electron chi connectivity index (χ4n) is 1.94. The van der Waals surface area contributed by atoms with Crippen molar-refractivity contribution in [3.8, 4) is 0 Å². The first kappa shape index (κ1) is 15.0. The lowest BCUT2D eigenvalue weighted by atomic mass is 10.0. The van der Waals surface area contributed by atoms with Crippen molar-refractivity contribution in [2.75, 3.05) is 0 Å². The second kappa shape index (κ2) is 5.93. The minimum absolute atomic E-state index is 0.153. The lowest BCUT2D eigenvalue weighted by Crippen LogP contribution is -2.09. The second-order valence-corrected chi connectivity index (χ2v) is 5.56. The number of hydrogen-bond donors (Lipinski definition) is 1. The Morgan fingerprint density at radius 3 is 2.65 bits per heavy atom. The highest BCUT2D eigenvalue weighted by Crippen LogP contribution is 2.33. The maximum Gasteiger partial charge on any atom is 0.416 e. The van der Waals surface area contributed by atoms with E-state index < -0.39 is 17.8 Å². The van der Waals surface area contributed by atoms with Gasteiger partial charge in [0.1, 0.15) is 0 Å². The lowest BCUT2D eigenvalue weighted by Gasteiger charge is -2.11. The Morgan fingerprint density at radius 1 is 1.30 bits per heavy atom. The summed E-state index contributed by atoms with van der Waals surface area (Å²) < 4.78 is 38.6. The molecule has 0 fully saturated rings. The van der Waals surface area contributed by atoms with Gasteiger partial charge in [0.25, 0.3) is 0 Å². The minimum atomic E-state index is -4.35. The summed E-state index contributed by atoms with van der Waals surface area (Å²) in [6, 6.07) is 5.53. The molecule has 0 aliphatic carbocycles. The third-order valence-electron chi connectivity index (χ3n) is 2.77. The third-order valence-corrected chi connectivity index (χ3v) is 3.67. The molecule has 0 amide bonds. The van der Waals surface area contributed by atoms with E-state index in [1.54, 1.807) is 18.4 Å². The van der Waals surface area contributed by atoms with Crippen LogP contribution in [0.25, 0.3) is 0 Å². The summed E-state index contributed by atoms with van der Waals surface area (Å²) in [6.07, 6.45) is -4.29. The van der Waals surface area contributed by atoms with E-state index in [0.29, 0.717) is 17.1 Å². The van der Waals surface area contributed by atoms with Crippen LogP contribution in [0.1, 0.15) is 28.8 Å². The number of rotatable bonds is 4. The van der Waals surface area contributed by atoms with E-state index in [1.807, 2.05) is 0 Å². The summed E-state index contributed by atoms with van der Waals surface area (Å²) in [7, 11) is 0. The van der Waals surface area contributed by atoms with Crippen molar-refractivity contribution in [3.05, 3.63) is 51.5 Å². The first-order valence-corrected chi connectivity index (χ1v) is 7.00. The van der Waals surface area contributed by atoms with Crippen molar-refractivity contribution >= 4 is 11.3 Å². The molecule has 1 aromatic carbocycles. The summed E-state index contributed by atoms with van der Waals surface area (Å²) in [5.74, 6) is 0. The standard InChI is InChI=1S/C14H14F3NOS/c1-9(19)6-11-8-20-13(18-11)7-10-4-2-3-5-12(10)14(15,16)17/h2-5,8-9,19H,6-7H2,1H3. The number of aliphatic hydroxyl groups excluding tert-OH is 1. The van der Waals surface area contributed by atoms with Crippen LogP contribution in [-0.4, -0.2) is 16.2 Å². The predicted molar refractivity (Wildman–Crippen MR) is 71.7 cm³/mol. The van der Waals surface area contributed by atoms with Gasteiger partial charge in [-0.1, -0.05) is 18.2 Å². The Bertz CT molecular complexity index is 578. The number of halogens is 3. The predicted octanol–water partition coefficient (Wildman–Crippen LogP) is 3.68. The fourth-order valence-corrected chi connectivity index (χ4v) is 2.77. The highest BCUT2D eigenvalue weighted by molar-refractivity contribution is 7.09. The number of alkyl halides is 3. The normalized spacial score (nSPS) is 13.4. The van der Waals surface area contributed by atoms with Gasteiger partial charge in [0.05, 0.1) is 22.4 Å². The summed E-state index contributed by atoms with van der Waals surface area (Å²) in [4.78, 5) is 4.26. The van der Waals surface area contributed by atoms with E-state index in [2.05, 4.69) is 4.98 Å². The SMILES string of the molecule is CC(O)Cc1csc(Cc2ccccc2C(F)(F)F)n1. The molecular formula is C14H14F3NOS. The topological polar surface area (TPSA) is 33.1 Å². The Morgan fingerprint density at radius 2 is 2.00 bits per heavy atom. The van der Waals surface area contributed by atoms with Gasteiger partial charge in [0.2, 0.25) is 0 Å². The molecular weight excluding hydrogens is 287 g/mol. The maximum absolute atomic E-state index is 12.9. The number of aromatic nitrogens is 1. The minimum Gasteiger partial charge on any atom is -0.393 e. The van der Waals surface area contributed by atoms with Crippen LogP contribution in [0, 0.1) is 0 Å². The molecule has 2 aromatic rings. The van der Waals surface area contributed by atoms with Gasteiger partial charge in [0, 0.05) is 18.2 Å². The van der Waals surface area contributed by atoms with Crippen molar-refractivity contribution in [1.82, 2.24) is 4.98 Å². The van der Waals surface area contributed by atoms with Gasteiger partial charge in [-0.25, -0.2) is 4.98 Å². The molecule has 1 heterocycles. The number of aliphatic hydroxyl groups is 1. The van der Waals surface area contributed by atoms with Gasteiger partial charge in [-0.15, -0.1) is 11.3 Å². The summed E-state index contributed by atoms with van der Waals surface area (Å²) >= 11 is 1.32. The molecule has 1 unspecified atom stereocenters. The summed E-state index contributed by atoms with van der Waals surface area (Å²) in [6.45, 7) is 1.65. The molecule has 1 aromatic heterocycles. The van der Waals surface area contributed by atoms with Crippen molar-refractivity contribution < 1.29 is 18.3 Å². The molecule has 20 heavy (non-hydrogen) atoms. The zero-order valence-electron chi connectivity index (χ0n) is 10.8. The van der Waals surface area contributed by atoms with E-state index >= 15 is 0 Å². The van der Waals surface area contributed by atoms with Gasteiger partial charge in [-0.3, -0.25) is 0 Å². The molecule has 0 spiro atoms. The molecule has 0 aliphatic rings. The zero-order chi connectivity index (χ0) is 14.8. The molecule has 1 atom stereocenters. The van der Waals surface area contributed by atoms with Crippen LogP contribution in [-0.2, 0) is 19.0 Å². The average Bonchev–Trinajstić information content (AvgIpc) is 2.75. The molecule has 0 radical (unpaired) electrons. The lowest BCUT2D eigenvalue weighted by molar-refractivity contribution is -0.138. The van der Waals surface area contributed by atoms with E-state index in [4.69, 9.17) is 0 Å². The Labute approximate surface area is 118 Å². The van der Waals surface area contributed by atoms with Crippen LogP contribution in [0.4, 0.5) is 13.2 Å². The molecule has 0 aliphatic heterocycles. The summed E-state index contributed by atoms with van der Waals surface area (Å²) in [5, 5.41) is 11.7. The van der Waals surface area contributed by atoms with E-state index in [1.165, 1.54) is 23.5 Å². The molecule has 2 rings (SSSR count). The van der Waals surface area contributed by atoms with Crippen LogP contribution >= 0.6 is 11.3 Å². The molecule has 0 bridgehead atoms. The highest BCUT2D eigenvalue weighted by atomic mass is 32.1. The molecule has 0 saturated heterocycles. The van der Waals surface area contributed by atoms with Gasteiger partial charge < -0.3 is 5.11 Å². The molecule has 2 nitrogen and oxygen atoms in total. The molecule has 0 saturated carbocycles. The number of benzene rings is 1. The Kier molecular flexibility index (Phi) is 4.45. The van der Waals surface area contributed by atoms with Gasteiger partial charge in [0.15, 0.2) is 0 Å². The monoisotopic (exact) mass is 301 g/mol. The smallest absolute Gasteiger partial charge is 0.393 e. The number of thiazole rings is 1. The van der Waals surface area contributed by atoms with Crippen molar-refractivity contribution in [3.63, 3.8) is 0 Å². The Balaban J connectivity index is 2.20. The number of hydrogen-bond acceptors (Lipinski definition) is 3. The fraction of sp³-hybridized carbons (Fsp3) is 0.357. The van der Waals surface area contributed by atoms with Gasteiger partial charge >= 0.3 is 6.18 Å². The average molecular weight is 301 g/mol. The van der Waals surface area contributed by atoms with Crippen LogP contribution in [0.15, 0.2) is 29.6 Å². The van der Waals surface area contributed by atoms with Crippen LogP contribution in [0.5, 0.6) is 0 Å². The third kappa shape index (κ3) is 3.80. The zero-order valence-corrected chi connectivity index (χ0v) is 11.6. The van der Waals surface area contributed by atoms with Crippen molar-refractivity contribution in [2.45, 2.75) is 32.0 Å². The first-order chi connectivity index (χ1) is 9.36. The number of nitrogens with zero attached hydrogens (tertiary/aromatic N) is 1. The van der Waals surface area contributed by atoms with E-state index in [-0.39, 0.29) is 12.0 Å².